The lowest BCUT2D eigenvalue weighted by molar-refractivity contribution is 0.102. The highest BCUT2D eigenvalue weighted by Crippen LogP contribution is 2.31. The molecule has 7 heteroatoms. The summed E-state index contributed by atoms with van der Waals surface area (Å²) in [5.74, 6) is -0.176. The Bertz CT molecular complexity index is 1050. The molecule has 1 amide bonds. The maximum Gasteiger partial charge on any atom is 0.259 e. The van der Waals surface area contributed by atoms with E-state index < -0.39 is 0 Å². The number of piperazine rings is 1. The minimum absolute atomic E-state index is 0.176. The molecule has 156 valence electrons. The predicted octanol–water partition coefficient (Wildman–Crippen LogP) is 4.15. The maximum atomic E-state index is 13.3. The van der Waals surface area contributed by atoms with Crippen LogP contribution in [0.5, 0.6) is 0 Å². The zero-order chi connectivity index (χ0) is 21.3. The van der Waals surface area contributed by atoms with E-state index in [1.54, 1.807) is 0 Å². The normalized spacial score (nSPS) is 14.7. The SMILES string of the molecule is Cc1nn(-c2ccccc2)c(C)c1C(=O)Nc1cc(Cl)ccc1N1CCN(C)CC1. The van der Waals surface area contributed by atoms with E-state index in [0.717, 1.165) is 48.9 Å². The number of aryl methyl sites for hydroxylation is 1. The van der Waals surface area contributed by atoms with Crippen LogP contribution in [0, 0.1) is 13.8 Å². The van der Waals surface area contributed by atoms with Crippen molar-refractivity contribution in [2.45, 2.75) is 13.8 Å². The summed E-state index contributed by atoms with van der Waals surface area (Å²) in [6, 6.07) is 15.5. The Labute approximate surface area is 182 Å². The molecule has 3 aromatic rings. The highest BCUT2D eigenvalue weighted by Gasteiger charge is 2.22. The molecule has 1 aliphatic heterocycles. The van der Waals surface area contributed by atoms with Crippen molar-refractivity contribution in [2.75, 3.05) is 43.4 Å². The highest BCUT2D eigenvalue weighted by atomic mass is 35.5. The summed E-state index contributed by atoms with van der Waals surface area (Å²) in [5, 5.41) is 8.28. The second-order valence-corrected chi connectivity index (χ2v) is 8.14. The number of likely N-dealkylation sites (N-methyl/N-ethyl adjacent to an activating group) is 1. The number of anilines is 2. The van der Waals surface area contributed by atoms with E-state index in [2.05, 4.69) is 27.3 Å². The van der Waals surface area contributed by atoms with Gasteiger partial charge in [0.05, 0.1) is 34.0 Å². The predicted molar refractivity (Wildman–Crippen MR) is 122 cm³/mol. The molecule has 0 aliphatic carbocycles. The van der Waals surface area contributed by atoms with Crippen molar-refractivity contribution in [2.24, 2.45) is 0 Å². The minimum atomic E-state index is -0.176. The molecule has 0 bridgehead atoms. The number of hydrogen-bond acceptors (Lipinski definition) is 4. The van der Waals surface area contributed by atoms with Crippen molar-refractivity contribution < 1.29 is 4.79 Å². The second kappa shape index (κ2) is 8.50. The van der Waals surface area contributed by atoms with Gasteiger partial charge in [0.2, 0.25) is 0 Å². The molecule has 2 heterocycles. The fourth-order valence-electron chi connectivity index (χ4n) is 3.91. The number of benzene rings is 2. The lowest BCUT2D eigenvalue weighted by Gasteiger charge is -2.35. The van der Waals surface area contributed by atoms with Gasteiger partial charge in [-0.05, 0) is 51.2 Å². The summed E-state index contributed by atoms with van der Waals surface area (Å²) in [5.41, 5.74) is 4.73. The summed E-state index contributed by atoms with van der Waals surface area (Å²) >= 11 is 6.26. The number of para-hydroxylation sites is 1. The van der Waals surface area contributed by atoms with Gasteiger partial charge in [0.1, 0.15) is 0 Å². The summed E-state index contributed by atoms with van der Waals surface area (Å²) in [6.07, 6.45) is 0. The molecular weight excluding hydrogens is 398 g/mol. The summed E-state index contributed by atoms with van der Waals surface area (Å²) < 4.78 is 1.81. The first-order valence-electron chi connectivity index (χ1n) is 10.1. The third-order valence-electron chi connectivity index (χ3n) is 5.57. The van der Waals surface area contributed by atoms with Crippen LogP contribution < -0.4 is 10.2 Å². The molecule has 1 aliphatic rings. The zero-order valence-electron chi connectivity index (χ0n) is 17.5. The molecule has 0 radical (unpaired) electrons. The fourth-order valence-corrected chi connectivity index (χ4v) is 4.08. The zero-order valence-corrected chi connectivity index (χ0v) is 18.3. The number of carbonyl (C=O) groups is 1. The van der Waals surface area contributed by atoms with Gasteiger partial charge in [0.15, 0.2) is 0 Å². The summed E-state index contributed by atoms with van der Waals surface area (Å²) in [4.78, 5) is 17.9. The van der Waals surface area contributed by atoms with Gasteiger partial charge in [-0.2, -0.15) is 5.10 Å². The fraction of sp³-hybridized carbons (Fsp3) is 0.304. The molecule has 2 aromatic carbocycles. The smallest absolute Gasteiger partial charge is 0.259 e. The molecular formula is C23H26ClN5O. The number of nitrogens with one attached hydrogen (secondary N) is 1. The molecule has 0 spiro atoms. The Morgan fingerprint density at radius 3 is 2.43 bits per heavy atom. The largest absolute Gasteiger partial charge is 0.367 e. The van der Waals surface area contributed by atoms with Gasteiger partial charge in [0, 0.05) is 31.2 Å². The van der Waals surface area contributed by atoms with Gasteiger partial charge in [-0.3, -0.25) is 4.79 Å². The van der Waals surface area contributed by atoms with Crippen LogP contribution >= 0.6 is 11.6 Å². The molecule has 0 unspecified atom stereocenters. The first kappa shape index (κ1) is 20.4. The Kier molecular flexibility index (Phi) is 5.79. The van der Waals surface area contributed by atoms with Crippen molar-refractivity contribution in [1.29, 1.82) is 0 Å². The van der Waals surface area contributed by atoms with Crippen molar-refractivity contribution in [3.8, 4) is 5.69 Å². The van der Waals surface area contributed by atoms with E-state index >= 15 is 0 Å². The second-order valence-electron chi connectivity index (χ2n) is 7.70. The number of hydrogen-bond donors (Lipinski definition) is 1. The molecule has 1 fully saturated rings. The summed E-state index contributed by atoms with van der Waals surface area (Å²) in [6.45, 7) is 7.56. The number of aromatic nitrogens is 2. The molecule has 6 nitrogen and oxygen atoms in total. The number of amides is 1. The lowest BCUT2D eigenvalue weighted by atomic mass is 10.1. The van der Waals surface area contributed by atoms with Crippen LogP contribution in [0.4, 0.5) is 11.4 Å². The molecule has 30 heavy (non-hydrogen) atoms. The maximum absolute atomic E-state index is 13.3. The Hall–Kier alpha value is -2.83. The third kappa shape index (κ3) is 4.06. The van der Waals surface area contributed by atoms with Crippen LogP contribution in [-0.4, -0.2) is 53.8 Å². The average molecular weight is 424 g/mol. The van der Waals surface area contributed by atoms with Crippen molar-refractivity contribution >= 4 is 28.9 Å². The van der Waals surface area contributed by atoms with E-state index in [1.807, 2.05) is 67.1 Å². The quantitative estimate of drug-likeness (QED) is 0.685. The van der Waals surface area contributed by atoms with Gasteiger partial charge in [-0.15, -0.1) is 0 Å². The molecule has 0 saturated carbocycles. The standard InChI is InChI=1S/C23H26ClN5O/c1-16-22(17(2)29(26-16)19-7-5-4-6-8-19)23(30)25-20-15-18(24)9-10-21(20)28-13-11-27(3)12-14-28/h4-10,15H,11-14H2,1-3H3,(H,25,30). The van der Waals surface area contributed by atoms with Gasteiger partial charge < -0.3 is 15.1 Å². The molecule has 1 aromatic heterocycles. The molecule has 1 saturated heterocycles. The molecule has 0 atom stereocenters. The highest BCUT2D eigenvalue weighted by molar-refractivity contribution is 6.31. The van der Waals surface area contributed by atoms with Crippen LogP contribution in [0.2, 0.25) is 5.02 Å². The summed E-state index contributed by atoms with van der Waals surface area (Å²) in [7, 11) is 2.12. The number of nitrogens with zero attached hydrogens (tertiary/aromatic N) is 4. The Balaban J connectivity index is 1.64. The molecule has 1 N–H and O–H groups in total. The van der Waals surface area contributed by atoms with E-state index in [9.17, 15) is 4.79 Å². The van der Waals surface area contributed by atoms with Crippen LogP contribution in [0.1, 0.15) is 21.7 Å². The van der Waals surface area contributed by atoms with Gasteiger partial charge in [-0.25, -0.2) is 4.68 Å². The van der Waals surface area contributed by atoms with Gasteiger partial charge in [0.25, 0.3) is 5.91 Å². The van der Waals surface area contributed by atoms with E-state index in [4.69, 9.17) is 11.6 Å². The van der Waals surface area contributed by atoms with Crippen LogP contribution in [0.3, 0.4) is 0 Å². The third-order valence-corrected chi connectivity index (χ3v) is 5.80. The topological polar surface area (TPSA) is 53.4 Å². The van der Waals surface area contributed by atoms with Crippen LogP contribution in [0.15, 0.2) is 48.5 Å². The van der Waals surface area contributed by atoms with Crippen molar-refractivity contribution in [3.05, 3.63) is 70.5 Å². The first-order valence-corrected chi connectivity index (χ1v) is 10.5. The first-order chi connectivity index (χ1) is 14.4. The van der Waals surface area contributed by atoms with E-state index in [-0.39, 0.29) is 5.91 Å². The van der Waals surface area contributed by atoms with Gasteiger partial charge in [-0.1, -0.05) is 29.8 Å². The monoisotopic (exact) mass is 423 g/mol. The number of halogens is 1. The van der Waals surface area contributed by atoms with E-state index in [1.165, 1.54) is 0 Å². The van der Waals surface area contributed by atoms with Crippen LogP contribution in [-0.2, 0) is 0 Å². The number of rotatable bonds is 4. The lowest BCUT2D eigenvalue weighted by Crippen LogP contribution is -2.44. The van der Waals surface area contributed by atoms with E-state index in [0.29, 0.717) is 16.3 Å². The van der Waals surface area contributed by atoms with Crippen LogP contribution in [0.25, 0.3) is 5.69 Å². The average Bonchev–Trinajstić information content (AvgIpc) is 3.04. The van der Waals surface area contributed by atoms with Crippen molar-refractivity contribution in [3.63, 3.8) is 0 Å². The van der Waals surface area contributed by atoms with Gasteiger partial charge >= 0.3 is 0 Å². The van der Waals surface area contributed by atoms with Crippen molar-refractivity contribution in [1.82, 2.24) is 14.7 Å². The molecule has 4 rings (SSSR count). The minimum Gasteiger partial charge on any atom is -0.367 e. The number of carbonyl (C=O) groups excluding carboxylic acids is 1. The Morgan fingerprint density at radius 2 is 1.73 bits per heavy atom. The Morgan fingerprint density at radius 1 is 1.03 bits per heavy atom.